The molecule has 0 spiro atoms. The van der Waals surface area contributed by atoms with Crippen LogP contribution >= 0.6 is 7.92 Å². The Labute approximate surface area is 186 Å². The Morgan fingerprint density at radius 1 is 0.750 bits per heavy atom. The van der Waals surface area contributed by atoms with Crippen molar-refractivity contribution in [3.8, 4) is 0 Å². The van der Waals surface area contributed by atoms with Crippen LogP contribution in [0.3, 0.4) is 0 Å². The Kier molecular flexibility index (Phi) is 14.1. The van der Waals surface area contributed by atoms with Crippen molar-refractivity contribution in [2.24, 2.45) is 0 Å². The van der Waals surface area contributed by atoms with E-state index in [2.05, 4.69) is 20.0 Å². The van der Waals surface area contributed by atoms with Crippen LogP contribution in [-0.2, 0) is 49.2 Å². The van der Waals surface area contributed by atoms with Gasteiger partial charge < -0.3 is 62.6 Å². The van der Waals surface area contributed by atoms with E-state index >= 15 is 0 Å². The van der Waals surface area contributed by atoms with E-state index in [1.165, 1.54) is 0 Å². The normalized spacial score (nSPS) is 43.7. The smallest absolute Gasteiger partial charge is 0.790 e. The van der Waals surface area contributed by atoms with E-state index in [9.17, 15) is 30.6 Å². The Morgan fingerprint density at radius 2 is 1.11 bits per heavy atom. The van der Waals surface area contributed by atoms with Gasteiger partial charge in [-0.15, -0.1) is 5.75 Å². The second kappa shape index (κ2) is 13.5. The van der Waals surface area contributed by atoms with Crippen molar-refractivity contribution in [2.75, 3.05) is 32.4 Å². The predicted octanol–water partition coefficient (Wildman–Crippen LogP) is -3.76. The fourth-order valence-corrected chi connectivity index (χ4v) is 2.75. The Bertz CT molecular complexity index is 399. The third-order valence-electron chi connectivity index (χ3n) is 3.95. The molecule has 0 aromatic heterocycles. The van der Waals surface area contributed by atoms with E-state index < -0.39 is 68.0 Å². The molecule has 172 valence electrons. The van der Waals surface area contributed by atoms with Gasteiger partial charge in [0, 0.05) is 20.0 Å². The van der Waals surface area contributed by atoms with Crippen LogP contribution in [0.4, 0.5) is 0 Å². The van der Waals surface area contributed by atoms with E-state index in [4.69, 9.17) is 31.9 Å². The molecule has 2 aliphatic heterocycles. The first-order chi connectivity index (χ1) is 12.5. The first kappa shape index (κ1) is 29.1. The van der Waals surface area contributed by atoms with Crippen LogP contribution in [0.15, 0.2) is 0 Å². The zero-order valence-corrected chi connectivity index (χ0v) is 19.7. The Hall–Kier alpha value is 1.12. The van der Waals surface area contributed by atoms with Gasteiger partial charge in [0.15, 0.2) is 12.6 Å². The molecule has 0 aromatic carbocycles. The molecule has 0 bridgehead atoms. The van der Waals surface area contributed by atoms with Crippen molar-refractivity contribution in [3.05, 3.63) is 0 Å². The molecular weight excluding hydrogens is 600 g/mol. The molecule has 13 heteroatoms. The number of rotatable bonds is 4. The minimum Gasteiger partial charge on any atom is -0.790 e. The molecule has 10 atom stereocenters. The zero-order valence-electron chi connectivity index (χ0n) is 15.8. The quantitative estimate of drug-likeness (QED) is 0.0925. The van der Waals surface area contributed by atoms with Gasteiger partial charge >= 0.3 is 22.4 Å². The topological polar surface area (TPSA) is 169 Å². The SMILES string of the molecule is C[PH+](C)C.OCC1O[C@H](O[C@H]2OC(C[S-])[C@@H](O)[C@H](O)C2O)[C@H](O)C(O)[C@@H]1O.[Au+]. The minimum atomic E-state index is -1.69. The maximum atomic E-state index is 9.89. The Morgan fingerprint density at radius 3 is 1.46 bits per heavy atom. The van der Waals surface area contributed by atoms with Crippen LogP contribution in [0.5, 0.6) is 0 Å². The molecule has 2 rings (SSSR count). The summed E-state index contributed by atoms with van der Waals surface area (Å²) in [5.74, 6) is -0.0838. The summed E-state index contributed by atoms with van der Waals surface area (Å²) in [6, 6.07) is 0. The van der Waals surface area contributed by atoms with Crippen molar-refractivity contribution < 1.29 is 72.3 Å². The summed E-state index contributed by atoms with van der Waals surface area (Å²) in [7, 11) is 0.120. The third-order valence-corrected chi connectivity index (χ3v) is 4.28. The van der Waals surface area contributed by atoms with E-state index in [1.54, 1.807) is 0 Å². The molecule has 0 amide bonds. The molecule has 28 heavy (non-hydrogen) atoms. The standard InChI is InChI=1S/C12H22O10S.C3H9P.Au/c13-1-3-5(14)7(16)9(18)11(20-3)22-12-10(19)8(17)6(15)4(2-23)21-12;1-4(2)3;/h3-19,23H,1-2H2;1-3H3;/q;;+1/t3?,4?,5-,6-,7?,8+,9-,10?,11-,12-;;/m1../s1. The average Bonchev–Trinajstić information content (AvgIpc) is 2.61. The molecular formula is C15H31AuO10PS+. The second-order valence-electron chi connectivity index (χ2n) is 7.01. The van der Waals surface area contributed by atoms with Crippen LogP contribution in [-0.4, -0.2) is 130 Å². The molecule has 2 heterocycles. The van der Waals surface area contributed by atoms with Gasteiger partial charge in [0.2, 0.25) is 0 Å². The van der Waals surface area contributed by atoms with E-state index in [1.807, 2.05) is 0 Å². The van der Waals surface area contributed by atoms with Crippen LogP contribution < -0.4 is 0 Å². The molecule has 10 nitrogen and oxygen atoms in total. The summed E-state index contributed by atoms with van der Waals surface area (Å²) in [6.45, 7) is 6.16. The molecule has 4 unspecified atom stereocenters. The number of aliphatic hydroxyl groups is 7. The van der Waals surface area contributed by atoms with Gasteiger partial charge in [-0.05, 0) is 7.92 Å². The Balaban J connectivity index is 0.00000133. The summed E-state index contributed by atoms with van der Waals surface area (Å²) >= 11 is 4.77. The molecule has 2 aliphatic rings. The monoisotopic (exact) mass is 631 g/mol. The molecule has 2 saturated heterocycles. The number of ether oxygens (including phenoxy) is 3. The van der Waals surface area contributed by atoms with E-state index in [0.717, 1.165) is 0 Å². The van der Waals surface area contributed by atoms with Gasteiger partial charge in [0.1, 0.15) is 42.7 Å². The fourth-order valence-electron chi connectivity index (χ4n) is 2.48. The largest absolute Gasteiger partial charge is 1.00 e. The van der Waals surface area contributed by atoms with Gasteiger partial charge in [0.05, 0.1) is 12.7 Å². The second-order valence-corrected chi connectivity index (χ2v) is 10.3. The van der Waals surface area contributed by atoms with Gasteiger partial charge in [-0.2, -0.15) is 0 Å². The number of hydrogen-bond acceptors (Lipinski definition) is 11. The maximum Gasteiger partial charge on any atom is 1.00 e. The summed E-state index contributed by atoms with van der Waals surface area (Å²) in [5, 5.41) is 67.7. The third kappa shape index (κ3) is 7.67. The van der Waals surface area contributed by atoms with Gasteiger partial charge in [-0.25, -0.2) is 0 Å². The van der Waals surface area contributed by atoms with Crippen LogP contribution in [0.1, 0.15) is 0 Å². The van der Waals surface area contributed by atoms with Crippen molar-refractivity contribution >= 4 is 20.6 Å². The fraction of sp³-hybridized carbons (Fsp3) is 1.00. The molecule has 0 saturated carbocycles. The van der Waals surface area contributed by atoms with Crippen molar-refractivity contribution in [2.45, 2.75) is 61.4 Å². The molecule has 7 N–H and O–H groups in total. The van der Waals surface area contributed by atoms with Gasteiger partial charge in [-0.3, -0.25) is 0 Å². The van der Waals surface area contributed by atoms with E-state index in [-0.39, 0.29) is 36.1 Å². The molecule has 0 aliphatic carbocycles. The summed E-state index contributed by atoms with van der Waals surface area (Å²) in [5.41, 5.74) is 0. The molecule has 0 radical (unpaired) electrons. The minimum absolute atomic E-state index is 0. The van der Waals surface area contributed by atoms with Crippen LogP contribution in [0.25, 0.3) is 0 Å². The summed E-state index contributed by atoms with van der Waals surface area (Å²) in [6.07, 6.45) is -14.8. The van der Waals surface area contributed by atoms with Gasteiger partial charge in [-0.1, -0.05) is 0 Å². The maximum absolute atomic E-state index is 9.89. The first-order valence-corrected chi connectivity index (χ1v) is 12.1. The van der Waals surface area contributed by atoms with Crippen molar-refractivity contribution in [3.63, 3.8) is 0 Å². The van der Waals surface area contributed by atoms with E-state index in [0.29, 0.717) is 0 Å². The van der Waals surface area contributed by atoms with Crippen LogP contribution in [0.2, 0.25) is 0 Å². The average molecular weight is 631 g/mol. The molecule has 2 fully saturated rings. The number of hydrogen-bond donors (Lipinski definition) is 7. The predicted molar refractivity (Wildman–Crippen MR) is 99.9 cm³/mol. The zero-order chi connectivity index (χ0) is 20.9. The summed E-state index contributed by atoms with van der Waals surface area (Å²) in [4.78, 5) is 0. The number of aliphatic hydroxyl groups excluding tert-OH is 7. The summed E-state index contributed by atoms with van der Waals surface area (Å²) < 4.78 is 15.6. The van der Waals surface area contributed by atoms with Crippen molar-refractivity contribution in [1.29, 1.82) is 0 Å². The molecule has 0 aromatic rings. The van der Waals surface area contributed by atoms with Crippen molar-refractivity contribution in [1.82, 2.24) is 0 Å². The van der Waals surface area contributed by atoms with Gasteiger partial charge in [0.25, 0.3) is 0 Å². The first-order valence-electron chi connectivity index (χ1n) is 8.55. The van der Waals surface area contributed by atoms with Crippen LogP contribution in [0, 0.1) is 0 Å².